The standard InChI is InChI=1S/C22H19F2NO5/c1-12-15(25-16-7-5-4-6-14(16)19(12)21(26)27)9-8-13-10-17(28-2)20(30-22(23)24)18(11-13)29-3/h4-11,22H,1-3H3,(H,26,27)/b9-8+. The maximum absolute atomic E-state index is 12.7. The van der Waals surface area contributed by atoms with Gasteiger partial charge in [-0.25, -0.2) is 9.78 Å². The second-order valence-electron chi connectivity index (χ2n) is 6.29. The van der Waals surface area contributed by atoms with Crippen LogP contribution in [-0.2, 0) is 0 Å². The highest BCUT2D eigenvalue weighted by molar-refractivity contribution is 6.04. The minimum absolute atomic E-state index is 0.0729. The Hall–Kier alpha value is -3.68. The fourth-order valence-electron chi connectivity index (χ4n) is 3.14. The van der Waals surface area contributed by atoms with Gasteiger partial charge in [0.15, 0.2) is 11.5 Å². The van der Waals surface area contributed by atoms with Crippen molar-refractivity contribution in [1.29, 1.82) is 0 Å². The van der Waals surface area contributed by atoms with Crippen LogP contribution in [0.4, 0.5) is 8.78 Å². The first-order valence-electron chi connectivity index (χ1n) is 8.87. The number of methoxy groups -OCH3 is 2. The molecule has 0 aliphatic carbocycles. The first-order valence-corrected chi connectivity index (χ1v) is 8.87. The number of hydrogen-bond acceptors (Lipinski definition) is 5. The molecule has 0 saturated carbocycles. The van der Waals surface area contributed by atoms with Crippen molar-refractivity contribution in [2.45, 2.75) is 13.5 Å². The number of nitrogens with zero attached hydrogens (tertiary/aromatic N) is 1. The van der Waals surface area contributed by atoms with Crippen molar-refractivity contribution in [3.63, 3.8) is 0 Å². The smallest absolute Gasteiger partial charge is 0.387 e. The summed E-state index contributed by atoms with van der Waals surface area (Å²) in [7, 11) is 2.66. The fourth-order valence-corrected chi connectivity index (χ4v) is 3.14. The highest BCUT2D eigenvalue weighted by Crippen LogP contribution is 2.40. The van der Waals surface area contributed by atoms with Crippen molar-refractivity contribution in [2.24, 2.45) is 0 Å². The zero-order valence-electron chi connectivity index (χ0n) is 16.5. The van der Waals surface area contributed by atoms with Crippen molar-refractivity contribution in [3.05, 3.63) is 58.8 Å². The van der Waals surface area contributed by atoms with Crippen molar-refractivity contribution in [2.75, 3.05) is 14.2 Å². The maximum Gasteiger partial charge on any atom is 0.387 e. The van der Waals surface area contributed by atoms with Gasteiger partial charge in [-0.3, -0.25) is 0 Å². The van der Waals surface area contributed by atoms with Crippen LogP contribution in [0.3, 0.4) is 0 Å². The lowest BCUT2D eigenvalue weighted by Crippen LogP contribution is -2.05. The van der Waals surface area contributed by atoms with Crippen LogP contribution >= 0.6 is 0 Å². The third kappa shape index (κ3) is 4.17. The number of carbonyl (C=O) groups is 1. The normalized spacial score (nSPS) is 11.3. The molecule has 2 aromatic carbocycles. The molecule has 6 nitrogen and oxygen atoms in total. The van der Waals surface area contributed by atoms with E-state index in [1.54, 1.807) is 43.3 Å². The van der Waals surface area contributed by atoms with Crippen LogP contribution in [0.25, 0.3) is 23.1 Å². The van der Waals surface area contributed by atoms with Crippen LogP contribution in [0, 0.1) is 6.92 Å². The number of carboxylic acids is 1. The largest absolute Gasteiger partial charge is 0.493 e. The summed E-state index contributed by atoms with van der Waals surface area (Å²) in [6, 6.07) is 10.00. The average molecular weight is 415 g/mol. The molecule has 1 heterocycles. The quantitative estimate of drug-likeness (QED) is 0.583. The lowest BCUT2D eigenvalue weighted by molar-refractivity contribution is -0.0526. The van der Waals surface area contributed by atoms with E-state index in [-0.39, 0.29) is 22.8 Å². The number of benzene rings is 2. The van der Waals surface area contributed by atoms with Crippen molar-refractivity contribution < 1.29 is 32.9 Å². The molecular weight excluding hydrogens is 396 g/mol. The molecule has 8 heteroatoms. The molecule has 0 unspecified atom stereocenters. The van der Waals surface area contributed by atoms with Gasteiger partial charge in [0.1, 0.15) is 0 Å². The Morgan fingerprint density at radius 1 is 1.10 bits per heavy atom. The number of alkyl halides is 2. The number of aromatic carboxylic acids is 1. The van der Waals surface area contributed by atoms with Gasteiger partial charge in [0.2, 0.25) is 5.75 Å². The van der Waals surface area contributed by atoms with Crippen LogP contribution in [0.5, 0.6) is 17.2 Å². The summed E-state index contributed by atoms with van der Waals surface area (Å²) in [6.07, 6.45) is 3.31. The van der Waals surface area contributed by atoms with Crippen LogP contribution in [0.2, 0.25) is 0 Å². The van der Waals surface area contributed by atoms with Crippen LogP contribution in [0.15, 0.2) is 36.4 Å². The van der Waals surface area contributed by atoms with Gasteiger partial charge in [-0.1, -0.05) is 24.3 Å². The molecule has 1 N–H and O–H groups in total. The summed E-state index contributed by atoms with van der Waals surface area (Å²) >= 11 is 0. The second kappa shape index (κ2) is 8.77. The fraction of sp³-hybridized carbons (Fsp3) is 0.182. The number of ether oxygens (including phenoxy) is 3. The van der Waals surface area contributed by atoms with E-state index in [0.717, 1.165) is 0 Å². The van der Waals surface area contributed by atoms with Gasteiger partial charge in [0, 0.05) is 5.39 Å². The van der Waals surface area contributed by atoms with E-state index in [4.69, 9.17) is 9.47 Å². The summed E-state index contributed by atoms with van der Waals surface area (Å²) < 4.78 is 40.2. The highest BCUT2D eigenvalue weighted by Gasteiger charge is 2.18. The number of halogens is 2. The van der Waals surface area contributed by atoms with E-state index in [0.29, 0.717) is 27.7 Å². The van der Waals surface area contributed by atoms with E-state index in [1.807, 2.05) is 0 Å². The molecule has 0 amide bonds. The molecule has 1 aromatic heterocycles. The van der Waals surface area contributed by atoms with Crippen molar-refractivity contribution in [3.8, 4) is 17.2 Å². The third-order valence-electron chi connectivity index (χ3n) is 4.51. The van der Waals surface area contributed by atoms with Crippen LogP contribution in [0.1, 0.15) is 27.2 Å². The number of carboxylic acid groups (broad SMARTS) is 1. The van der Waals surface area contributed by atoms with Gasteiger partial charge >= 0.3 is 12.6 Å². The summed E-state index contributed by atoms with van der Waals surface area (Å²) in [5.74, 6) is -1.11. The van der Waals surface area contributed by atoms with Gasteiger partial charge in [-0.05, 0) is 42.3 Å². The van der Waals surface area contributed by atoms with Gasteiger partial charge in [-0.2, -0.15) is 8.78 Å². The van der Waals surface area contributed by atoms with Crippen LogP contribution < -0.4 is 14.2 Å². The summed E-state index contributed by atoms with van der Waals surface area (Å²) in [5.41, 5.74) is 2.27. The van der Waals surface area contributed by atoms with Crippen molar-refractivity contribution in [1.82, 2.24) is 4.98 Å². The van der Waals surface area contributed by atoms with E-state index >= 15 is 0 Å². The molecule has 0 bridgehead atoms. The van der Waals surface area contributed by atoms with E-state index in [9.17, 15) is 18.7 Å². The monoisotopic (exact) mass is 415 g/mol. The van der Waals surface area contributed by atoms with E-state index < -0.39 is 12.6 Å². The predicted molar refractivity (Wildman–Crippen MR) is 109 cm³/mol. The number of aromatic nitrogens is 1. The number of rotatable bonds is 7. The van der Waals surface area contributed by atoms with Crippen molar-refractivity contribution >= 4 is 29.0 Å². The highest BCUT2D eigenvalue weighted by atomic mass is 19.3. The lowest BCUT2D eigenvalue weighted by atomic mass is 10.0. The van der Waals surface area contributed by atoms with Crippen LogP contribution in [-0.4, -0.2) is 36.9 Å². The molecule has 0 radical (unpaired) electrons. The lowest BCUT2D eigenvalue weighted by Gasteiger charge is -2.14. The molecule has 0 aliphatic rings. The maximum atomic E-state index is 12.7. The zero-order chi connectivity index (χ0) is 21.8. The predicted octanol–water partition coefficient (Wildman–Crippen LogP) is 5.03. The molecule has 0 spiro atoms. The first kappa shape index (κ1) is 21.0. The molecule has 0 fully saturated rings. The van der Waals surface area contributed by atoms with Gasteiger partial charge in [0.05, 0.1) is 31.0 Å². The Morgan fingerprint density at radius 3 is 2.30 bits per heavy atom. The topological polar surface area (TPSA) is 77.9 Å². The molecule has 0 saturated heterocycles. The Labute approximate surface area is 171 Å². The Kier molecular flexibility index (Phi) is 6.15. The minimum atomic E-state index is -3.03. The molecule has 3 aromatic rings. The SMILES string of the molecule is COc1cc(/C=C/c2nc3ccccc3c(C(=O)O)c2C)cc(OC)c1OC(F)F. The molecular formula is C22H19F2NO5. The Bertz CT molecular complexity index is 1100. The minimum Gasteiger partial charge on any atom is -0.493 e. The number of pyridine rings is 1. The summed E-state index contributed by atoms with van der Waals surface area (Å²) in [5, 5.41) is 10.2. The average Bonchev–Trinajstić information content (AvgIpc) is 2.72. The molecule has 0 aliphatic heterocycles. The van der Waals surface area contributed by atoms with Gasteiger partial charge < -0.3 is 19.3 Å². The third-order valence-corrected chi connectivity index (χ3v) is 4.51. The summed E-state index contributed by atoms with van der Waals surface area (Å²) in [4.78, 5) is 16.3. The summed E-state index contributed by atoms with van der Waals surface area (Å²) in [6.45, 7) is -1.35. The Morgan fingerprint density at radius 2 is 1.73 bits per heavy atom. The number of hydrogen-bond donors (Lipinski definition) is 1. The molecule has 30 heavy (non-hydrogen) atoms. The second-order valence-corrected chi connectivity index (χ2v) is 6.29. The Balaban J connectivity index is 2.09. The molecule has 0 atom stereocenters. The number of fused-ring (bicyclic) bond motifs is 1. The zero-order valence-corrected chi connectivity index (χ0v) is 16.5. The molecule has 156 valence electrons. The van der Waals surface area contributed by atoms with E-state index in [1.165, 1.54) is 26.4 Å². The first-order chi connectivity index (χ1) is 14.3. The van der Waals surface area contributed by atoms with E-state index in [2.05, 4.69) is 9.72 Å². The molecule has 3 rings (SSSR count). The number of para-hydroxylation sites is 1. The van der Waals surface area contributed by atoms with Gasteiger partial charge in [0.25, 0.3) is 0 Å². The van der Waals surface area contributed by atoms with Gasteiger partial charge in [-0.15, -0.1) is 0 Å².